The predicted octanol–water partition coefficient (Wildman–Crippen LogP) is 3.77. The fourth-order valence-electron chi connectivity index (χ4n) is 2.34. The second-order valence-corrected chi connectivity index (χ2v) is 4.51. The van der Waals surface area contributed by atoms with Crippen LogP contribution in [0.25, 0.3) is 16.5 Å². The summed E-state index contributed by atoms with van der Waals surface area (Å²) in [5, 5.41) is 1.10. The zero-order valence-corrected chi connectivity index (χ0v) is 11.1. The average molecular weight is 256 g/mol. The van der Waals surface area contributed by atoms with Crippen LogP contribution in [0, 0.1) is 0 Å². The van der Waals surface area contributed by atoms with Crippen molar-refractivity contribution in [1.29, 1.82) is 0 Å². The molecule has 0 bridgehead atoms. The summed E-state index contributed by atoms with van der Waals surface area (Å²) < 4.78 is 16.7. The predicted molar refractivity (Wildman–Crippen MR) is 74.7 cm³/mol. The minimum Gasteiger partial charge on any atom is -0.496 e. The minimum atomic E-state index is 0.0723. The summed E-state index contributed by atoms with van der Waals surface area (Å²) in [6.45, 7) is 0. The monoisotopic (exact) mass is 256 g/mol. The molecule has 1 aliphatic rings. The van der Waals surface area contributed by atoms with Gasteiger partial charge in [0.05, 0.1) is 18.8 Å². The first-order valence-electron chi connectivity index (χ1n) is 6.30. The molecule has 0 saturated carbocycles. The largest absolute Gasteiger partial charge is 0.496 e. The number of furan rings is 1. The van der Waals surface area contributed by atoms with Crippen LogP contribution in [0.5, 0.6) is 0 Å². The topological polar surface area (TPSA) is 31.6 Å². The third kappa shape index (κ3) is 2.17. The molecule has 0 saturated heterocycles. The van der Waals surface area contributed by atoms with E-state index >= 15 is 0 Å². The molecule has 19 heavy (non-hydrogen) atoms. The molecule has 0 radical (unpaired) electrons. The van der Waals surface area contributed by atoms with Crippen molar-refractivity contribution < 1.29 is 13.9 Å². The Hall–Kier alpha value is -2.00. The average Bonchev–Trinajstić information content (AvgIpc) is 2.90. The Morgan fingerprint density at radius 3 is 2.79 bits per heavy atom. The summed E-state index contributed by atoms with van der Waals surface area (Å²) in [6, 6.07) is 10.0. The number of benzene rings is 1. The standard InChI is InChI=1S/C16H16O3/c1-17-12-7-8-13(15(10-12)18-2)16-9-11-5-3-4-6-14(11)19-16/h3-6,8-10,12H,7H2,1-2H3. The Bertz CT molecular complexity index is 616. The van der Waals surface area contributed by atoms with Gasteiger partial charge in [-0.3, -0.25) is 0 Å². The molecule has 0 fully saturated rings. The van der Waals surface area contributed by atoms with Gasteiger partial charge >= 0.3 is 0 Å². The van der Waals surface area contributed by atoms with Crippen LogP contribution in [0.4, 0.5) is 0 Å². The maximum Gasteiger partial charge on any atom is 0.138 e. The Morgan fingerprint density at radius 1 is 1.21 bits per heavy atom. The fraction of sp³-hybridized carbons (Fsp3) is 0.250. The van der Waals surface area contributed by atoms with Crippen molar-refractivity contribution in [1.82, 2.24) is 0 Å². The lowest BCUT2D eigenvalue weighted by Crippen LogP contribution is -2.12. The number of allylic oxidation sites excluding steroid dienone is 1. The highest BCUT2D eigenvalue weighted by Gasteiger charge is 2.20. The van der Waals surface area contributed by atoms with Crippen molar-refractivity contribution in [2.24, 2.45) is 0 Å². The Kier molecular flexibility index (Phi) is 3.13. The second kappa shape index (κ2) is 4.94. The molecular weight excluding hydrogens is 240 g/mol. The first kappa shape index (κ1) is 12.1. The lowest BCUT2D eigenvalue weighted by Gasteiger charge is -2.18. The van der Waals surface area contributed by atoms with Gasteiger partial charge < -0.3 is 13.9 Å². The van der Waals surface area contributed by atoms with Crippen molar-refractivity contribution in [2.75, 3.05) is 14.2 Å². The first-order valence-corrected chi connectivity index (χ1v) is 6.30. The van der Waals surface area contributed by atoms with E-state index in [1.165, 1.54) is 0 Å². The molecule has 1 aromatic heterocycles. The third-order valence-corrected chi connectivity index (χ3v) is 3.37. The molecule has 98 valence electrons. The first-order chi connectivity index (χ1) is 9.31. The summed E-state index contributed by atoms with van der Waals surface area (Å²) in [5.74, 6) is 1.64. The van der Waals surface area contributed by atoms with Crippen LogP contribution in [-0.4, -0.2) is 20.3 Å². The highest BCUT2D eigenvalue weighted by atomic mass is 16.5. The summed E-state index contributed by atoms with van der Waals surface area (Å²) in [4.78, 5) is 0. The Balaban J connectivity index is 2.01. The van der Waals surface area contributed by atoms with E-state index in [0.717, 1.165) is 34.5 Å². The van der Waals surface area contributed by atoms with Crippen LogP contribution in [0.1, 0.15) is 12.2 Å². The van der Waals surface area contributed by atoms with Gasteiger partial charge in [0, 0.05) is 12.5 Å². The maximum atomic E-state index is 5.88. The molecule has 2 aromatic rings. The molecule has 3 heteroatoms. The zero-order chi connectivity index (χ0) is 13.2. The van der Waals surface area contributed by atoms with Crippen LogP contribution in [-0.2, 0) is 9.47 Å². The van der Waals surface area contributed by atoms with Gasteiger partial charge in [-0.2, -0.15) is 0 Å². The Labute approximate surface area is 112 Å². The number of hydrogen-bond donors (Lipinski definition) is 0. The lowest BCUT2D eigenvalue weighted by atomic mass is 10.0. The molecule has 0 aliphatic heterocycles. The van der Waals surface area contributed by atoms with Gasteiger partial charge in [-0.15, -0.1) is 0 Å². The van der Waals surface area contributed by atoms with E-state index in [0.29, 0.717) is 0 Å². The van der Waals surface area contributed by atoms with Crippen LogP contribution in [0.2, 0.25) is 0 Å². The van der Waals surface area contributed by atoms with E-state index in [9.17, 15) is 0 Å². The fourth-order valence-corrected chi connectivity index (χ4v) is 2.34. The van der Waals surface area contributed by atoms with E-state index in [4.69, 9.17) is 13.9 Å². The van der Waals surface area contributed by atoms with Crippen molar-refractivity contribution in [3.05, 3.63) is 54.0 Å². The molecule has 3 rings (SSSR count). The van der Waals surface area contributed by atoms with E-state index in [-0.39, 0.29) is 6.10 Å². The van der Waals surface area contributed by atoms with Crippen molar-refractivity contribution in [2.45, 2.75) is 12.5 Å². The summed E-state index contributed by atoms with van der Waals surface area (Å²) in [7, 11) is 3.37. The number of methoxy groups -OCH3 is 2. The van der Waals surface area contributed by atoms with E-state index in [2.05, 4.69) is 6.08 Å². The van der Waals surface area contributed by atoms with Gasteiger partial charge in [0.2, 0.25) is 0 Å². The number of ether oxygens (including phenoxy) is 2. The van der Waals surface area contributed by atoms with Gasteiger partial charge in [-0.1, -0.05) is 24.3 Å². The number of hydrogen-bond acceptors (Lipinski definition) is 3. The molecule has 1 unspecified atom stereocenters. The molecule has 0 N–H and O–H groups in total. The molecular formula is C16H16O3. The highest BCUT2D eigenvalue weighted by molar-refractivity contribution is 5.85. The minimum absolute atomic E-state index is 0.0723. The Morgan fingerprint density at radius 2 is 2.05 bits per heavy atom. The molecule has 1 atom stereocenters. The van der Waals surface area contributed by atoms with E-state index < -0.39 is 0 Å². The van der Waals surface area contributed by atoms with E-state index in [1.54, 1.807) is 14.2 Å². The van der Waals surface area contributed by atoms with Crippen LogP contribution in [0.15, 0.2) is 52.7 Å². The molecule has 1 heterocycles. The summed E-state index contributed by atoms with van der Waals surface area (Å²) in [5.41, 5.74) is 1.88. The summed E-state index contributed by atoms with van der Waals surface area (Å²) in [6.07, 6.45) is 4.99. The van der Waals surface area contributed by atoms with Gasteiger partial charge in [0.1, 0.15) is 17.1 Å². The third-order valence-electron chi connectivity index (χ3n) is 3.37. The molecule has 1 aromatic carbocycles. The molecule has 0 amide bonds. The van der Waals surface area contributed by atoms with Crippen molar-refractivity contribution in [3.8, 4) is 0 Å². The van der Waals surface area contributed by atoms with Crippen LogP contribution in [0.3, 0.4) is 0 Å². The van der Waals surface area contributed by atoms with Gasteiger partial charge in [0.15, 0.2) is 0 Å². The van der Waals surface area contributed by atoms with Crippen LogP contribution < -0.4 is 0 Å². The quantitative estimate of drug-likeness (QED) is 0.837. The van der Waals surface area contributed by atoms with Crippen molar-refractivity contribution >= 4 is 16.5 Å². The lowest BCUT2D eigenvalue weighted by molar-refractivity contribution is 0.137. The molecule has 3 nitrogen and oxygen atoms in total. The second-order valence-electron chi connectivity index (χ2n) is 4.51. The van der Waals surface area contributed by atoms with Crippen molar-refractivity contribution in [3.63, 3.8) is 0 Å². The van der Waals surface area contributed by atoms with Crippen LogP contribution >= 0.6 is 0 Å². The zero-order valence-electron chi connectivity index (χ0n) is 11.1. The van der Waals surface area contributed by atoms with Gasteiger partial charge in [-0.25, -0.2) is 0 Å². The highest BCUT2D eigenvalue weighted by Crippen LogP contribution is 2.33. The smallest absolute Gasteiger partial charge is 0.138 e. The molecule has 0 spiro atoms. The number of fused-ring (bicyclic) bond motifs is 1. The van der Waals surface area contributed by atoms with E-state index in [1.807, 2.05) is 36.4 Å². The van der Waals surface area contributed by atoms with Gasteiger partial charge in [0.25, 0.3) is 0 Å². The van der Waals surface area contributed by atoms with Gasteiger partial charge in [-0.05, 0) is 24.6 Å². The SMILES string of the molecule is COC1=CC(OC)CC=C1c1cc2ccccc2o1. The maximum absolute atomic E-state index is 5.88. The number of para-hydroxylation sites is 1. The number of rotatable bonds is 3. The summed E-state index contributed by atoms with van der Waals surface area (Å²) >= 11 is 0. The normalized spacial score (nSPS) is 19.2. The molecule has 1 aliphatic carbocycles.